The molecule has 0 amide bonds. The Bertz CT molecular complexity index is 537. The molecule has 4 nitrogen and oxygen atoms in total. The van der Waals surface area contributed by atoms with Crippen molar-refractivity contribution in [2.75, 3.05) is 11.9 Å². The monoisotopic (exact) mass is 309 g/mol. The van der Waals surface area contributed by atoms with Crippen molar-refractivity contribution in [2.45, 2.75) is 32.7 Å². The van der Waals surface area contributed by atoms with Crippen molar-refractivity contribution < 1.29 is 0 Å². The second-order valence-corrected chi connectivity index (χ2v) is 5.20. The molecular weight excluding hydrogens is 294 g/mol. The first-order chi connectivity index (χ1) is 8.72. The fraction of sp³-hybridized carbons (Fsp3) is 0.538. The molecule has 0 atom stereocenters. The van der Waals surface area contributed by atoms with Gasteiger partial charge >= 0.3 is 0 Å². The minimum atomic E-state index is -0.0616. The van der Waals surface area contributed by atoms with Crippen LogP contribution in [0.1, 0.15) is 26.2 Å². The summed E-state index contributed by atoms with van der Waals surface area (Å²) in [4.78, 5) is 12.0. The smallest absolute Gasteiger partial charge is 0.283 e. The quantitative estimate of drug-likeness (QED) is 0.670. The Balaban J connectivity index is 2.04. The van der Waals surface area contributed by atoms with Crippen molar-refractivity contribution in [1.82, 2.24) is 9.78 Å². The number of aromatic nitrogens is 2. The second-order valence-electron chi connectivity index (χ2n) is 4.41. The lowest BCUT2D eigenvalue weighted by atomic mass is 10.4. The van der Waals surface area contributed by atoms with Crippen LogP contribution in [-0.4, -0.2) is 16.3 Å². The molecule has 0 saturated heterocycles. The van der Waals surface area contributed by atoms with Crippen molar-refractivity contribution in [3.05, 3.63) is 21.0 Å². The van der Waals surface area contributed by atoms with Crippen molar-refractivity contribution in [1.29, 1.82) is 0 Å². The maximum absolute atomic E-state index is 12.0. The highest BCUT2D eigenvalue weighted by molar-refractivity contribution is 9.10. The zero-order valence-corrected chi connectivity index (χ0v) is 12.0. The summed E-state index contributed by atoms with van der Waals surface area (Å²) >= 11 is 3.34. The highest BCUT2D eigenvalue weighted by atomic mass is 79.9. The van der Waals surface area contributed by atoms with Crippen LogP contribution in [-0.2, 0) is 6.54 Å². The summed E-state index contributed by atoms with van der Waals surface area (Å²) < 4.78 is 2.10. The average molecular weight is 310 g/mol. The van der Waals surface area contributed by atoms with Crippen LogP contribution in [0.5, 0.6) is 0 Å². The molecule has 0 spiro atoms. The molecule has 1 N–H and O–H groups in total. The summed E-state index contributed by atoms with van der Waals surface area (Å²) in [7, 11) is 0. The zero-order chi connectivity index (χ0) is 13.0. The van der Waals surface area contributed by atoms with E-state index >= 15 is 0 Å². The minimum Gasteiger partial charge on any atom is -0.382 e. The van der Waals surface area contributed by atoms with Crippen molar-refractivity contribution in [2.24, 2.45) is 5.92 Å². The molecule has 0 unspecified atom stereocenters. The topological polar surface area (TPSA) is 46.9 Å². The van der Waals surface area contributed by atoms with Crippen LogP contribution in [0.3, 0.4) is 0 Å². The minimum absolute atomic E-state index is 0.0616. The van der Waals surface area contributed by atoms with Gasteiger partial charge in [0.2, 0.25) is 0 Å². The molecule has 5 heteroatoms. The standard InChI is InChI=1S/C13H16BrN3O/c1-2-3-4-7-15-11-8-16-17(9-10-5-6-10)13(18)12(11)14/h8,10,15H,4-7,9H2,1H3. The normalized spacial score (nSPS) is 13.9. The Labute approximate surface area is 115 Å². The number of halogens is 1. The van der Waals surface area contributed by atoms with Crippen LogP contribution in [0.2, 0.25) is 0 Å². The number of nitrogens with zero attached hydrogens (tertiary/aromatic N) is 2. The van der Waals surface area contributed by atoms with E-state index in [1.165, 1.54) is 12.8 Å². The highest BCUT2D eigenvalue weighted by Crippen LogP contribution is 2.30. The molecule has 96 valence electrons. The summed E-state index contributed by atoms with van der Waals surface area (Å²) in [5.74, 6) is 6.44. The molecule has 1 heterocycles. The first kappa shape index (κ1) is 13.2. The van der Waals surface area contributed by atoms with Gasteiger partial charge in [-0.2, -0.15) is 5.10 Å². The van der Waals surface area contributed by atoms with E-state index in [9.17, 15) is 4.79 Å². The summed E-state index contributed by atoms with van der Waals surface area (Å²) in [6.45, 7) is 3.27. The molecular formula is C13H16BrN3O. The molecule has 1 saturated carbocycles. The first-order valence-electron chi connectivity index (χ1n) is 6.11. The van der Waals surface area contributed by atoms with E-state index in [2.05, 4.69) is 38.2 Å². The van der Waals surface area contributed by atoms with Gasteiger partial charge in [0.05, 0.1) is 11.9 Å². The molecule has 1 aromatic heterocycles. The molecule has 18 heavy (non-hydrogen) atoms. The Morgan fingerprint density at radius 1 is 1.61 bits per heavy atom. The Morgan fingerprint density at radius 2 is 2.39 bits per heavy atom. The number of anilines is 1. The Kier molecular flexibility index (Phi) is 4.43. The van der Waals surface area contributed by atoms with Crippen molar-refractivity contribution >= 4 is 21.6 Å². The summed E-state index contributed by atoms with van der Waals surface area (Å²) in [5, 5.41) is 7.35. The lowest BCUT2D eigenvalue weighted by Gasteiger charge is -2.09. The second kappa shape index (κ2) is 6.05. The van der Waals surface area contributed by atoms with Crippen molar-refractivity contribution in [3.8, 4) is 11.8 Å². The van der Waals surface area contributed by atoms with Crippen LogP contribution in [0.25, 0.3) is 0 Å². The van der Waals surface area contributed by atoms with E-state index < -0.39 is 0 Å². The fourth-order valence-corrected chi connectivity index (χ4v) is 2.10. The van der Waals surface area contributed by atoms with Gasteiger partial charge in [0, 0.05) is 19.5 Å². The average Bonchev–Trinajstić information content (AvgIpc) is 3.17. The molecule has 0 bridgehead atoms. The number of rotatable bonds is 5. The molecule has 1 aromatic rings. The lowest BCUT2D eigenvalue weighted by molar-refractivity contribution is 0.532. The van der Waals surface area contributed by atoms with E-state index in [1.54, 1.807) is 10.9 Å². The molecule has 0 radical (unpaired) electrons. The van der Waals surface area contributed by atoms with Crippen molar-refractivity contribution in [3.63, 3.8) is 0 Å². The number of nitrogens with one attached hydrogen (secondary N) is 1. The van der Waals surface area contributed by atoms with Gasteiger partial charge in [0.15, 0.2) is 0 Å². The first-order valence-corrected chi connectivity index (χ1v) is 6.90. The van der Waals surface area contributed by atoms with E-state index in [-0.39, 0.29) is 5.56 Å². The van der Waals surface area contributed by atoms with E-state index in [0.29, 0.717) is 16.9 Å². The maximum atomic E-state index is 12.0. The molecule has 1 fully saturated rings. The van der Waals surface area contributed by atoms with Crippen LogP contribution in [0, 0.1) is 17.8 Å². The van der Waals surface area contributed by atoms with E-state index in [0.717, 1.165) is 18.7 Å². The van der Waals surface area contributed by atoms with Crippen LogP contribution >= 0.6 is 15.9 Å². The third kappa shape index (κ3) is 3.36. The zero-order valence-electron chi connectivity index (χ0n) is 10.4. The van der Waals surface area contributed by atoms with Gasteiger partial charge in [-0.3, -0.25) is 4.79 Å². The summed E-state index contributed by atoms with van der Waals surface area (Å²) in [5.41, 5.74) is 0.679. The van der Waals surface area contributed by atoms with Gasteiger partial charge in [-0.05, 0) is 41.6 Å². The molecule has 2 rings (SSSR count). The summed E-state index contributed by atoms with van der Waals surface area (Å²) in [6.07, 6.45) is 4.88. The predicted octanol–water partition coefficient (Wildman–Crippen LogP) is 2.24. The van der Waals surface area contributed by atoms with Gasteiger partial charge in [0.25, 0.3) is 5.56 Å². The van der Waals surface area contributed by atoms with Crippen LogP contribution in [0.4, 0.5) is 5.69 Å². The predicted molar refractivity (Wildman–Crippen MR) is 75.5 cm³/mol. The Hall–Kier alpha value is -1.28. The lowest BCUT2D eigenvalue weighted by Crippen LogP contribution is -2.25. The molecule has 0 aliphatic heterocycles. The van der Waals surface area contributed by atoms with Crippen LogP contribution < -0.4 is 10.9 Å². The number of hydrogen-bond acceptors (Lipinski definition) is 3. The third-order valence-corrected chi connectivity index (χ3v) is 3.62. The van der Waals surface area contributed by atoms with Crippen LogP contribution in [0.15, 0.2) is 15.5 Å². The SMILES string of the molecule is CC#CCCNc1cnn(CC2CC2)c(=O)c1Br. The number of hydrogen-bond donors (Lipinski definition) is 1. The molecule has 0 aromatic carbocycles. The third-order valence-electron chi connectivity index (χ3n) is 2.86. The van der Waals surface area contributed by atoms with Gasteiger partial charge < -0.3 is 5.32 Å². The van der Waals surface area contributed by atoms with Gasteiger partial charge in [-0.25, -0.2) is 4.68 Å². The van der Waals surface area contributed by atoms with Gasteiger partial charge in [-0.15, -0.1) is 11.8 Å². The Morgan fingerprint density at radius 3 is 3.06 bits per heavy atom. The maximum Gasteiger partial charge on any atom is 0.283 e. The molecule has 1 aliphatic rings. The van der Waals surface area contributed by atoms with Gasteiger partial charge in [0.1, 0.15) is 4.47 Å². The van der Waals surface area contributed by atoms with E-state index in [4.69, 9.17) is 0 Å². The largest absolute Gasteiger partial charge is 0.382 e. The molecule has 1 aliphatic carbocycles. The summed E-state index contributed by atoms with van der Waals surface area (Å²) in [6, 6.07) is 0. The van der Waals surface area contributed by atoms with E-state index in [1.807, 2.05) is 6.92 Å². The highest BCUT2D eigenvalue weighted by Gasteiger charge is 2.23. The fourth-order valence-electron chi connectivity index (χ4n) is 1.65. The van der Waals surface area contributed by atoms with Gasteiger partial charge in [-0.1, -0.05) is 0 Å².